The average Bonchev–Trinajstić information content (AvgIpc) is 2.48. The third kappa shape index (κ3) is 3.40. The summed E-state index contributed by atoms with van der Waals surface area (Å²) in [5, 5.41) is 0.629. The number of benzene rings is 1. The van der Waals surface area contributed by atoms with E-state index in [2.05, 4.69) is 11.9 Å². The first-order valence-electron chi connectivity index (χ1n) is 7.38. The molecule has 1 aliphatic rings. The van der Waals surface area contributed by atoms with Crippen molar-refractivity contribution in [1.29, 1.82) is 0 Å². The van der Waals surface area contributed by atoms with Crippen molar-refractivity contribution in [3.05, 3.63) is 35.4 Å². The second-order valence-corrected chi connectivity index (χ2v) is 6.50. The van der Waals surface area contributed by atoms with Gasteiger partial charge in [0.15, 0.2) is 5.17 Å². The summed E-state index contributed by atoms with van der Waals surface area (Å²) in [6.45, 7) is 7.52. The van der Waals surface area contributed by atoms with Gasteiger partial charge in [-0.15, -0.1) is 0 Å². The lowest BCUT2D eigenvalue weighted by Crippen LogP contribution is -2.31. The van der Waals surface area contributed by atoms with Crippen LogP contribution in [0.4, 0.5) is 0 Å². The molecule has 1 aromatic rings. The highest BCUT2D eigenvalue weighted by Crippen LogP contribution is 2.35. The topological polar surface area (TPSA) is 58.7 Å². The second kappa shape index (κ2) is 6.52. The molecular formula is C16H23N3OS. The zero-order chi connectivity index (χ0) is 15.5. The Bertz CT molecular complexity index is 554. The van der Waals surface area contributed by atoms with Crippen molar-refractivity contribution in [2.75, 3.05) is 18.8 Å². The lowest BCUT2D eigenvalue weighted by molar-refractivity contribution is 0.0773. The van der Waals surface area contributed by atoms with Crippen LogP contribution in [0.3, 0.4) is 0 Å². The van der Waals surface area contributed by atoms with E-state index in [0.717, 1.165) is 36.4 Å². The maximum Gasteiger partial charge on any atom is 0.253 e. The van der Waals surface area contributed by atoms with Crippen LogP contribution in [0.25, 0.3) is 0 Å². The first-order valence-corrected chi connectivity index (χ1v) is 8.36. The molecule has 4 nitrogen and oxygen atoms in total. The van der Waals surface area contributed by atoms with Crippen molar-refractivity contribution in [2.24, 2.45) is 10.7 Å². The predicted molar refractivity (Wildman–Crippen MR) is 89.7 cm³/mol. The minimum atomic E-state index is -0.325. The van der Waals surface area contributed by atoms with Gasteiger partial charge in [-0.05, 0) is 44.9 Å². The zero-order valence-electron chi connectivity index (χ0n) is 12.9. The fourth-order valence-electron chi connectivity index (χ4n) is 2.58. The molecular weight excluding hydrogens is 282 g/mol. The van der Waals surface area contributed by atoms with Gasteiger partial charge >= 0.3 is 0 Å². The van der Waals surface area contributed by atoms with E-state index in [0.29, 0.717) is 5.17 Å². The van der Waals surface area contributed by atoms with Crippen molar-refractivity contribution in [2.45, 2.75) is 32.7 Å². The monoisotopic (exact) mass is 305 g/mol. The van der Waals surface area contributed by atoms with E-state index in [1.165, 1.54) is 0 Å². The number of amides is 1. The van der Waals surface area contributed by atoms with Crippen LogP contribution in [0.5, 0.6) is 0 Å². The van der Waals surface area contributed by atoms with E-state index >= 15 is 0 Å². The second-order valence-electron chi connectivity index (χ2n) is 5.38. The summed E-state index contributed by atoms with van der Waals surface area (Å²) in [5.41, 5.74) is 7.34. The first kappa shape index (κ1) is 15.9. The van der Waals surface area contributed by atoms with Crippen LogP contribution >= 0.6 is 11.8 Å². The van der Waals surface area contributed by atoms with Crippen LogP contribution in [-0.2, 0) is 5.54 Å². The molecule has 5 heteroatoms. The highest BCUT2D eigenvalue weighted by atomic mass is 32.2. The molecule has 1 aromatic carbocycles. The molecule has 1 atom stereocenters. The average molecular weight is 305 g/mol. The molecule has 1 aliphatic heterocycles. The van der Waals surface area contributed by atoms with Crippen molar-refractivity contribution in [3.63, 3.8) is 0 Å². The number of carbonyl (C=O) groups excluding carboxylic acids is 1. The van der Waals surface area contributed by atoms with E-state index in [9.17, 15) is 4.79 Å². The number of nitrogens with zero attached hydrogens (tertiary/aromatic N) is 2. The number of aliphatic imine (C=N–C) groups is 1. The Kier molecular flexibility index (Phi) is 4.93. The van der Waals surface area contributed by atoms with Gasteiger partial charge in [0.25, 0.3) is 5.91 Å². The Morgan fingerprint density at radius 1 is 1.43 bits per heavy atom. The van der Waals surface area contributed by atoms with Gasteiger partial charge in [-0.1, -0.05) is 23.9 Å². The van der Waals surface area contributed by atoms with E-state index in [-0.39, 0.29) is 11.4 Å². The van der Waals surface area contributed by atoms with Gasteiger partial charge in [-0.25, -0.2) is 0 Å². The Morgan fingerprint density at radius 2 is 2.14 bits per heavy atom. The molecule has 0 bridgehead atoms. The molecule has 114 valence electrons. The molecule has 0 aromatic heterocycles. The maximum atomic E-state index is 12.5. The van der Waals surface area contributed by atoms with Crippen LogP contribution in [-0.4, -0.2) is 34.8 Å². The van der Waals surface area contributed by atoms with Crippen LogP contribution in [0.1, 0.15) is 43.1 Å². The zero-order valence-corrected chi connectivity index (χ0v) is 13.7. The Morgan fingerprint density at radius 3 is 2.76 bits per heavy atom. The number of hydrogen-bond donors (Lipinski definition) is 1. The third-order valence-electron chi connectivity index (χ3n) is 3.98. The summed E-state index contributed by atoms with van der Waals surface area (Å²) < 4.78 is 0. The number of rotatable bonds is 4. The standard InChI is InChI=1S/C16H23N3OS/c1-4-19(5-2)14(20)12-7-6-8-13(11-12)16(3)9-10-21-15(17)18-16/h6-8,11H,4-5,9-10H2,1-3H3,(H2,17,18). The smallest absolute Gasteiger partial charge is 0.253 e. The Balaban J connectivity index is 2.34. The Labute approximate surface area is 130 Å². The van der Waals surface area contributed by atoms with Gasteiger partial charge in [0.05, 0.1) is 5.54 Å². The van der Waals surface area contributed by atoms with Gasteiger partial charge in [0, 0.05) is 24.4 Å². The molecule has 0 fully saturated rings. The van der Waals surface area contributed by atoms with E-state index < -0.39 is 0 Å². The highest BCUT2D eigenvalue weighted by Gasteiger charge is 2.30. The molecule has 0 radical (unpaired) electrons. The Hall–Kier alpha value is -1.49. The van der Waals surface area contributed by atoms with Gasteiger partial charge in [0.2, 0.25) is 0 Å². The predicted octanol–water partition coefficient (Wildman–Crippen LogP) is 2.84. The number of thioether (sulfide) groups is 1. The van der Waals surface area contributed by atoms with E-state index in [1.807, 2.05) is 43.0 Å². The molecule has 2 rings (SSSR count). The van der Waals surface area contributed by atoms with Gasteiger partial charge in [-0.2, -0.15) is 0 Å². The minimum Gasteiger partial charge on any atom is -0.379 e. The molecule has 1 amide bonds. The van der Waals surface area contributed by atoms with E-state index in [1.54, 1.807) is 11.8 Å². The van der Waals surface area contributed by atoms with Crippen molar-refractivity contribution < 1.29 is 4.79 Å². The summed E-state index contributed by atoms with van der Waals surface area (Å²) in [7, 11) is 0. The summed E-state index contributed by atoms with van der Waals surface area (Å²) >= 11 is 1.59. The number of amidine groups is 1. The quantitative estimate of drug-likeness (QED) is 0.930. The fourth-order valence-corrected chi connectivity index (χ4v) is 3.55. The third-order valence-corrected chi connectivity index (χ3v) is 4.77. The molecule has 2 N–H and O–H groups in total. The van der Waals surface area contributed by atoms with Crippen LogP contribution in [0, 0.1) is 0 Å². The van der Waals surface area contributed by atoms with Crippen molar-refractivity contribution in [3.8, 4) is 0 Å². The number of carbonyl (C=O) groups is 1. The lowest BCUT2D eigenvalue weighted by Gasteiger charge is -2.30. The molecule has 1 unspecified atom stereocenters. The number of nitrogens with two attached hydrogens (primary N) is 1. The van der Waals surface area contributed by atoms with Crippen molar-refractivity contribution in [1.82, 2.24) is 4.90 Å². The lowest BCUT2D eigenvalue weighted by atomic mass is 9.88. The molecule has 0 saturated heterocycles. The maximum absolute atomic E-state index is 12.5. The number of hydrogen-bond acceptors (Lipinski definition) is 4. The van der Waals surface area contributed by atoms with Crippen molar-refractivity contribution >= 4 is 22.8 Å². The highest BCUT2D eigenvalue weighted by molar-refractivity contribution is 8.13. The normalized spacial score (nSPS) is 21.8. The van der Waals surface area contributed by atoms with Crippen LogP contribution in [0.2, 0.25) is 0 Å². The van der Waals surface area contributed by atoms with E-state index in [4.69, 9.17) is 5.73 Å². The first-order chi connectivity index (χ1) is 10.00. The van der Waals surface area contributed by atoms with Gasteiger partial charge < -0.3 is 10.6 Å². The minimum absolute atomic E-state index is 0.0765. The molecule has 21 heavy (non-hydrogen) atoms. The van der Waals surface area contributed by atoms with Gasteiger partial charge in [-0.3, -0.25) is 9.79 Å². The molecule has 0 aliphatic carbocycles. The molecule has 0 spiro atoms. The molecule has 0 saturated carbocycles. The summed E-state index contributed by atoms with van der Waals surface area (Å²) in [4.78, 5) is 18.9. The summed E-state index contributed by atoms with van der Waals surface area (Å²) in [5.74, 6) is 1.03. The van der Waals surface area contributed by atoms with Gasteiger partial charge in [0.1, 0.15) is 0 Å². The van der Waals surface area contributed by atoms with Crippen LogP contribution < -0.4 is 5.73 Å². The summed E-state index contributed by atoms with van der Waals surface area (Å²) in [6, 6.07) is 7.81. The fraction of sp³-hybridized carbons (Fsp3) is 0.500. The SMILES string of the molecule is CCN(CC)C(=O)c1cccc(C2(C)CCSC(N)=N2)c1. The summed E-state index contributed by atoms with van der Waals surface area (Å²) in [6.07, 6.45) is 0.932. The molecule has 1 heterocycles. The largest absolute Gasteiger partial charge is 0.379 e. The van der Waals surface area contributed by atoms with Crippen LogP contribution in [0.15, 0.2) is 29.3 Å².